The van der Waals surface area contributed by atoms with Crippen LogP contribution in [0.15, 0.2) is 16.5 Å². The second kappa shape index (κ2) is 4.81. The number of furan rings is 1. The normalized spacial score (nSPS) is 26.8. The smallest absolute Gasteiger partial charge is 0.129 e. The van der Waals surface area contributed by atoms with Gasteiger partial charge in [-0.3, -0.25) is 0 Å². The highest BCUT2D eigenvalue weighted by atomic mass is 16.5. The van der Waals surface area contributed by atoms with E-state index in [4.69, 9.17) is 14.9 Å². The molecule has 0 aromatic carbocycles. The summed E-state index contributed by atoms with van der Waals surface area (Å²) in [5.74, 6) is 1.83. The van der Waals surface area contributed by atoms with Crippen molar-refractivity contribution in [1.29, 1.82) is 0 Å². The van der Waals surface area contributed by atoms with Crippen molar-refractivity contribution in [3.8, 4) is 0 Å². The van der Waals surface area contributed by atoms with Gasteiger partial charge in [-0.15, -0.1) is 0 Å². The molecule has 2 rings (SSSR count). The van der Waals surface area contributed by atoms with Crippen LogP contribution in [0.4, 0.5) is 0 Å². The Kier molecular flexibility index (Phi) is 3.44. The highest BCUT2D eigenvalue weighted by Crippen LogP contribution is 2.21. The molecule has 1 aliphatic carbocycles. The van der Waals surface area contributed by atoms with Crippen molar-refractivity contribution in [3.05, 3.63) is 23.7 Å². The van der Waals surface area contributed by atoms with Gasteiger partial charge in [0, 0.05) is 6.04 Å². The van der Waals surface area contributed by atoms with Crippen molar-refractivity contribution in [3.63, 3.8) is 0 Å². The van der Waals surface area contributed by atoms with Gasteiger partial charge in [0.25, 0.3) is 0 Å². The van der Waals surface area contributed by atoms with Gasteiger partial charge in [0.1, 0.15) is 18.1 Å². The van der Waals surface area contributed by atoms with E-state index in [0.29, 0.717) is 6.61 Å². The minimum absolute atomic E-state index is 0.204. The first-order valence-corrected chi connectivity index (χ1v) is 5.68. The second-order valence-electron chi connectivity index (χ2n) is 4.31. The average molecular weight is 209 g/mol. The molecule has 0 saturated heterocycles. The van der Waals surface area contributed by atoms with E-state index in [9.17, 15) is 0 Å². The summed E-state index contributed by atoms with van der Waals surface area (Å²) < 4.78 is 11.2. The fourth-order valence-corrected chi connectivity index (χ4v) is 2.08. The highest BCUT2D eigenvalue weighted by Gasteiger charge is 2.22. The van der Waals surface area contributed by atoms with E-state index in [-0.39, 0.29) is 12.1 Å². The molecule has 0 aliphatic heterocycles. The molecule has 2 unspecified atom stereocenters. The van der Waals surface area contributed by atoms with Crippen molar-refractivity contribution >= 4 is 0 Å². The lowest BCUT2D eigenvalue weighted by molar-refractivity contribution is -0.00355. The van der Waals surface area contributed by atoms with E-state index in [2.05, 4.69) is 0 Å². The molecular formula is C12H19NO2. The molecule has 1 aromatic heterocycles. The van der Waals surface area contributed by atoms with E-state index in [1.165, 1.54) is 12.8 Å². The largest absolute Gasteiger partial charge is 0.464 e. The first kappa shape index (κ1) is 10.7. The molecule has 1 fully saturated rings. The molecule has 3 heteroatoms. The topological polar surface area (TPSA) is 48.4 Å². The Morgan fingerprint density at radius 2 is 2.20 bits per heavy atom. The predicted molar refractivity (Wildman–Crippen MR) is 58.5 cm³/mol. The Balaban J connectivity index is 1.81. The minimum Gasteiger partial charge on any atom is -0.464 e. The van der Waals surface area contributed by atoms with Crippen LogP contribution in [0.5, 0.6) is 0 Å². The van der Waals surface area contributed by atoms with Crippen LogP contribution in [-0.2, 0) is 11.3 Å². The van der Waals surface area contributed by atoms with Crippen LogP contribution in [-0.4, -0.2) is 12.1 Å². The Bertz CT molecular complexity index is 308. The molecule has 0 spiro atoms. The average Bonchev–Trinajstić information content (AvgIpc) is 2.63. The second-order valence-corrected chi connectivity index (χ2v) is 4.31. The Morgan fingerprint density at radius 1 is 1.40 bits per heavy atom. The molecule has 1 saturated carbocycles. The van der Waals surface area contributed by atoms with Gasteiger partial charge in [-0.1, -0.05) is 12.8 Å². The zero-order valence-corrected chi connectivity index (χ0v) is 9.24. The van der Waals surface area contributed by atoms with Gasteiger partial charge in [0.2, 0.25) is 0 Å². The molecular weight excluding hydrogens is 190 g/mol. The van der Waals surface area contributed by atoms with Crippen LogP contribution in [0.3, 0.4) is 0 Å². The van der Waals surface area contributed by atoms with Crippen LogP contribution < -0.4 is 5.73 Å². The third-order valence-corrected chi connectivity index (χ3v) is 2.99. The predicted octanol–water partition coefficient (Wildman–Crippen LogP) is 2.37. The molecule has 1 aromatic rings. The fraction of sp³-hybridized carbons (Fsp3) is 0.667. The maximum Gasteiger partial charge on any atom is 0.129 e. The molecule has 1 heterocycles. The van der Waals surface area contributed by atoms with Gasteiger partial charge in [0.15, 0.2) is 0 Å². The summed E-state index contributed by atoms with van der Waals surface area (Å²) in [6.45, 7) is 2.49. The summed E-state index contributed by atoms with van der Waals surface area (Å²) in [5, 5.41) is 0. The summed E-state index contributed by atoms with van der Waals surface area (Å²) in [4.78, 5) is 0. The molecule has 15 heavy (non-hydrogen) atoms. The maximum atomic E-state index is 5.99. The fourth-order valence-electron chi connectivity index (χ4n) is 2.08. The SMILES string of the molecule is Cc1ccc(COC2CCCCC2N)o1. The van der Waals surface area contributed by atoms with Gasteiger partial charge < -0.3 is 14.9 Å². The summed E-state index contributed by atoms with van der Waals surface area (Å²) in [6, 6.07) is 4.12. The van der Waals surface area contributed by atoms with Gasteiger partial charge in [-0.25, -0.2) is 0 Å². The van der Waals surface area contributed by atoms with Gasteiger partial charge in [0.05, 0.1) is 6.10 Å². The number of hydrogen-bond acceptors (Lipinski definition) is 3. The van der Waals surface area contributed by atoms with E-state index < -0.39 is 0 Å². The van der Waals surface area contributed by atoms with Crippen LogP contribution in [0.1, 0.15) is 37.2 Å². The zero-order valence-electron chi connectivity index (χ0n) is 9.24. The lowest BCUT2D eigenvalue weighted by Crippen LogP contribution is -2.39. The van der Waals surface area contributed by atoms with Crippen LogP contribution in [0.2, 0.25) is 0 Å². The van der Waals surface area contributed by atoms with E-state index in [1.54, 1.807) is 0 Å². The van der Waals surface area contributed by atoms with E-state index in [0.717, 1.165) is 24.4 Å². The van der Waals surface area contributed by atoms with Crippen LogP contribution in [0.25, 0.3) is 0 Å². The van der Waals surface area contributed by atoms with Crippen LogP contribution in [0, 0.1) is 6.92 Å². The van der Waals surface area contributed by atoms with Crippen molar-refractivity contribution in [2.24, 2.45) is 5.73 Å². The quantitative estimate of drug-likeness (QED) is 0.831. The van der Waals surface area contributed by atoms with Gasteiger partial charge >= 0.3 is 0 Å². The van der Waals surface area contributed by atoms with Crippen LogP contribution >= 0.6 is 0 Å². The lowest BCUT2D eigenvalue weighted by Gasteiger charge is -2.28. The molecule has 0 radical (unpaired) electrons. The Morgan fingerprint density at radius 3 is 2.87 bits per heavy atom. The van der Waals surface area contributed by atoms with E-state index >= 15 is 0 Å². The standard InChI is InChI=1S/C12H19NO2/c1-9-6-7-10(15-9)8-14-12-5-3-2-4-11(12)13/h6-7,11-12H,2-5,8,13H2,1H3. The first-order chi connectivity index (χ1) is 7.25. The van der Waals surface area contributed by atoms with Crippen molar-refractivity contribution in [2.45, 2.75) is 51.4 Å². The maximum absolute atomic E-state index is 5.99. The third kappa shape index (κ3) is 2.83. The summed E-state index contributed by atoms with van der Waals surface area (Å²) in [6.07, 6.45) is 4.85. The van der Waals surface area contributed by atoms with E-state index in [1.807, 2.05) is 19.1 Å². The molecule has 3 nitrogen and oxygen atoms in total. The number of rotatable bonds is 3. The molecule has 1 aliphatic rings. The van der Waals surface area contributed by atoms with Crippen molar-refractivity contribution in [2.75, 3.05) is 0 Å². The van der Waals surface area contributed by atoms with Crippen molar-refractivity contribution < 1.29 is 9.15 Å². The summed E-state index contributed by atoms with van der Waals surface area (Å²) >= 11 is 0. The third-order valence-electron chi connectivity index (χ3n) is 2.99. The Hall–Kier alpha value is -0.800. The molecule has 2 atom stereocenters. The number of aryl methyl sites for hydroxylation is 1. The molecule has 0 bridgehead atoms. The highest BCUT2D eigenvalue weighted by molar-refractivity contribution is 5.04. The Labute approximate surface area is 90.6 Å². The lowest BCUT2D eigenvalue weighted by atomic mass is 9.93. The monoisotopic (exact) mass is 209 g/mol. The summed E-state index contributed by atoms with van der Waals surface area (Å²) in [7, 11) is 0. The summed E-state index contributed by atoms with van der Waals surface area (Å²) in [5.41, 5.74) is 5.99. The molecule has 84 valence electrons. The molecule has 0 amide bonds. The number of nitrogens with two attached hydrogens (primary N) is 1. The molecule has 2 N–H and O–H groups in total. The van der Waals surface area contributed by atoms with Gasteiger partial charge in [-0.05, 0) is 31.9 Å². The van der Waals surface area contributed by atoms with Gasteiger partial charge in [-0.2, -0.15) is 0 Å². The zero-order chi connectivity index (χ0) is 10.7. The first-order valence-electron chi connectivity index (χ1n) is 5.68. The number of hydrogen-bond donors (Lipinski definition) is 1. The number of ether oxygens (including phenoxy) is 1. The van der Waals surface area contributed by atoms with Crippen molar-refractivity contribution in [1.82, 2.24) is 0 Å². The minimum atomic E-state index is 0.204.